The van der Waals surface area contributed by atoms with Crippen LogP contribution in [0.3, 0.4) is 0 Å². The van der Waals surface area contributed by atoms with Gasteiger partial charge >= 0.3 is 0 Å². The van der Waals surface area contributed by atoms with Crippen LogP contribution < -0.4 is 0 Å². The summed E-state index contributed by atoms with van der Waals surface area (Å²) in [5.74, 6) is 1.92. The average Bonchev–Trinajstić information content (AvgIpc) is 3.30. The monoisotopic (exact) mass is 351 g/mol. The zero-order valence-electron chi connectivity index (χ0n) is 14.8. The van der Waals surface area contributed by atoms with Crippen molar-refractivity contribution in [3.8, 4) is 11.4 Å². The lowest BCUT2D eigenvalue weighted by Crippen LogP contribution is -2.40. The lowest BCUT2D eigenvalue weighted by molar-refractivity contribution is -0.133. The van der Waals surface area contributed by atoms with Gasteiger partial charge in [-0.25, -0.2) is 0 Å². The van der Waals surface area contributed by atoms with Gasteiger partial charge in [-0.1, -0.05) is 17.3 Å². The number of carbonyl (C=O) groups excluding carboxylic acids is 1. The summed E-state index contributed by atoms with van der Waals surface area (Å²) in [5, 5.41) is 9.53. The van der Waals surface area contributed by atoms with E-state index < -0.39 is 0 Å². The zero-order chi connectivity index (χ0) is 17.7. The summed E-state index contributed by atoms with van der Waals surface area (Å²) in [5.41, 5.74) is 1.95. The number of nitrogens with zero attached hydrogens (tertiary/aromatic N) is 5. The topological polar surface area (TPSA) is 77.0 Å². The lowest BCUT2D eigenvalue weighted by Gasteiger charge is -2.31. The van der Waals surface area contributed by atoms with Crippen LogP contribution in [0.5, 0.6) is 0 Å². The largest absolute Gasteiger partial charge is 0.342 e. The Morgan fingerprint density at radius 2 is 2.15 bits per heavy atom. The number of hydrogen-bond acceptors (Lipinski definition) is 5. The fourth-order valence-electron chi connectivity index (χ4n) is 3.77. The number of amides is 1. The van der Waals surface area contributed by atoms with Crippen molar-refractivity contribution in [1.29, 1.82) is 0 Å². The summed E-state index contributed by atoms with van der Waals surface area (Å²) < 4.78 is 7.40. The second kappa shape index (κ2) is 5.93. The van der Waals surface area contributed by atoms with Crippen LogP contribution in [0.1, 0.15) is 37.5 Å². The maximum absolute atomic E-state index is 12.3. The molecule has 26 heavy (non-hydrogen) atoms. The maximum atomic E-state index is 12.3. The molecule has 0 bridgehead atoms. The van der Waals surface area contributed by atoms with E-state index in [-0.39, 0.29) is 11.8 Å². The second-order valence-electron chi connectivity index (χ2n) is 7.40. The highest BCUT2D eigenvalue weighted by Gasteiger charge is 2.36. The van der Waals surface area contributed by atoms with Crippen molar-refractivity contribution in [2.45, 2.75) is 31.6 Å². The quantitative estimate of drug-likeness (QED) is 0.725. The molecule has 0 spiro atoms. The van der Waals surface area contributed by atoms with Gasteiger partial charge < -0.3 is 9.42 Å². The minimum atomic E-state index is 0.133. The predicted octanol–water partition coefficient (Wildman–Crippen LogP) is 2.74. The van der Waals surface area contributed by atoms with E-state index in [4.69, 9.17) is 4.52 Å². The molecular weight excluding hydrogens is 330 g/mol. The molecule has 3 heterocycles. The Balaban J connectivity index is 1.38. The second-order valence-corrected chi connectivity index (χ2v) is 7.40. The molecule has 1 aliphatic carbocycles. The summed E-state index contributed by atoms with van der Waals surface area (Å²) in [7, 11) is 1.92. The van der Waals surface area contributed by atoms with Crippen LogP contribution in [0.15, 0.2) is 28.9 Å². The molecule has 7 heteroatoms. The van der Waals surface area contributed by atoms with E-state index in [2.05, 4.69) is 15.2 Å². The van der Waals surface area contributed by atoms with Gasteiger partial charge in [-0.15, -0.1) is 0 Å². The van der Waals surface area contributed by atoms with Crippen molar-refractivity contribution in [3.05, 3.63) is 30.3 Å². The number of hydrogen-bond donors (Lipinski definition) is 0. The van der Waals surface area contributed by atoms with Crippen LogP contribution in [-0.2, 0) is 11.8 Å². The smallest absolute Gasteiger partial charge is 0.231 e. The summed E-state index contributed by atoms with van der Waals surface area (Å²) in [6.45, 7) is 1.54. The first-order valence-corrected chi connectivity index (χ1v) is 9.23. The number of aromatic nitrogens is 4. The molecule has 2 aliphatic rings. The Morgan fingerprint density at radius 3 is 3.00 bits per heavy atom. The van der Waals surface area contributed by atoms with Crippen molar-refractivity contribution >= 4 is 16.8 Å². The van der Waals surface area contributed by atoms with E-state index in [0.717, 1.165) is 48.7 Å². The number of likely N-dealkylation sites (tertiary alicyclic amines) is 1. The van der Waals surface area contributed by atoms with Crippen molar-refractivity contribution in [2.24, 2.45) is 13.0 Å². The number of piperidine rings is 1. The van der Waals surface area contributed by atoms with Gasteiger partial charge in [0.2, 0.25) is 17.6 Å². The molecule has 3 aromatic rings. The van der Waals surface area contributed by atoms with Crippen LogP contribution in [0.2, 0.25) is 0 Å². The zero-order valence-corrected chi connectivity index (χ0v) is 14.8. The van der Waals surface area contributed by atoms with Gasteiger partial charge in [-0.3, -0.25) is 9.48 Å². The molecule has 0 radical (unpaired) electrons. The minimum absolute atomic E-state index is 0.133. The van der Waals surface area contributed by atoms with E-state index in [9.17, 15) is 4.79 Å². The highest BCUT2D eigenvalue weighted by molar-refractivity contribution is 5.83. The Morgan fingerprint density at radius 1 is 1.27 bits per heavy atom. The molecule has 0 N–H and O–H groups in total. The van der Waals surface area contributed by atoms with Crippen molar-refractivity contribution in [2.75, 3.05) is 13.1 Å². The average molecular weight is 351 g/mol. The number of aryl methyl sites for hydroxylation is 1. The Kier molecular flexibility index (Phi) is 3.55. The molecule has 1 unspecified atom stereocenters. The van der Waals surface area contributed by atoms with E-state index in [1.165, 1.54) is 0 Å². The first-order chi connectivity index (χ1) is 12.7. The Hall–Kier alpha value is -2.70. The van der Waals surface area contributed by atoms with Crippen LogP contribution in [0.4, 0.5) is 0 Å². The number of benzene rings is 1. The third kappa shape index (κ3) is 2.67. The number of carbonyl (C=O) groups is 1. The SMILES string of the molecule is Cn1ncc2ccc(-c3noc(C4CCCN(C(=O)C5CC5)C4)n3)cc21. The first-order valence-electron chi connectivity index (χ1n) is 9.23. The van der Waals surface area contributed by atoms with E-state index in [1.807, 2.05) is 41.0 Å². The van der Waals surface area contributed by atoms with Crippen molar-refractivity contribution < 1.29 is 9.32 Å². The molecule has 1 aromatic carbocycles. The van der Waals surface area contributed by atoms with Gasteiger partial charge in [-0.05, 0) is 31.7 Å². The molecule has 1 atom stereocenters. The fraction of sp³-hybridized carbons (Fsp3) is 0.474. The van der Waals surface area contributed by atoms with Gasteiger partial charge in [0.05, 0.1) is 17.6 Å². The van der Waals surface area contributed by atoms with Gasteiger partial charge in [0.1, 0.15) is 0 Å². The summed E-state index contributed by atoms with van der Waals surface area (Å²) in [6, 6.07) is 6.04. The molecular formula is C19H21N5O2. The van der Waals surface area contributed by atoms with Gasteiger partial charge in [0, 0.05) is 37.0 Å². The van der Waals surface area contributed by atoms with Crippen LogP contribution in [0, 0.1) is 5.92 Å². The van der Waals surface area contributed by atoms with Gasteiger partial charge in [-0.2, -0.15) is 10.1 Å². The van der Waals surface area contributed by atoms with Gasteiger partial charge in [0.15, 0.2) is 0 Å². The van der Waals surface area contributed by atoms with Crippen LogP contribution in [0.25, 0.3) is 22.3 Å². The van der Waals surface area contributed by atoms with Crippen molar-refractivity contribution in [3.63, 3.8) is 0 Å². The molecule has 134 valence electrons. The molecule has 2 aromatic heterocycles. The normalized spacial score (nSPS) is 20.7. The van der Waals surface area contributed by atoms with Crippen molar-refractivity contribution in [1.82, 2.24) is 24.8 Å². The molecule has 1 saturated heterocycles. The lowest BCUT2D eigenvalue weighted by atomic mass is 9.97. The number of rotatable bonds is 3. The highest BCUT2D eigenvalue weighted by atomic mass is 16.5. The van der Waals surface area contributed by atoms with E-state index in [1.54, 1.807) is 0 Å². The van der Waals surface area contributed by atoms with Gasteiger partial charge in [0.25, 0.3) is 0 Å². The Labute approximate surface area is 151 Å². The third-order valence-corrected chi connectivity index (χ3v) is 5.46. The van der Waals surface area contributed by atoms with E-state index >= 15 is 0 Å². The predicted molar refractivity (Wildman–Crippen MR) is 95.3 cm³/mol. The first kappa shape index (κ1) is 15.5. The molecule has 1 aliphatic heterocycles. The summed E-state index contributed by atoms with van der Waals surface area (Å²) in [4.78, 5) is 19.0. The van der Waals surface area contributed by atoms with Crippen LogP contribution in [-0.4, -0.2) is 43.8 Å². The molecule has 1 saturated carbocycles. The summed E-state index contributed by atoms with van der Waals surface area (Å²) >= 11 is 0. The van der Waals surface area contributed by atoms with E-state index in [0.29, 0.717) is 24.2 Å². The summed E-state index contributed by atoms with van der Waals surface area (Å²) in [6.07, 6.45) is 5.90. The molecule has 7 nitrogen and oxygen atoms in total. The molecule has 1 amide bonds. The third-order valence-electron chi connectivity index (χ3n) is 5.46. The number of fused-ring (bicyclic) bond motifs is 1. The Bertz CT molecular complexity index is 971. The van der Waals surface area contributed by atoms with Crippen LogP contribution >= 0.6 is 0 Å². The maximum Gasteiger partial charge on any atom is 0.231 e. The molecule has 5 rings (SSSR count). The molecule has 2 fully saturated rings. The minimum Gasteiger partial charge on any atom is -0.342 e. The fourth-order valence-corrected chi connectivity index (χ4v) is 3.77. The standard InChI is InChI=1S/C19H21N5O2/c1-23-16-9-13(6-7-14(16)10-20-23)17-21-18(26-22-17)15-3-2-8-24(11-15)19(25)12-4-5-12/h6-7,9-10,12,15H,2-5,8,11H2,1H3. The highest BCUT2D eigenvalue weighted by Crippen LogP contribution is 2.34.